The molecule has 2 aromatic rings. The van der Waals surface area contributed by atoms with Gasteiger partial charge in [-0.25, -0.2) is 5.43 Å². The van der Waals surface area contributed by atoms with Crippen molar-refractivity contribution in [3.8, 4) is 0 Å². The number of hydrogen-bond acceptors (Lipinski definition) is 4. The van der Waals surface area contributed by atoms with Crippen LogP contribution in [0.4, 0.5) is 5.69 Å². The number of nitrogens with zero attached hydrogens (tertiary/aromatic N) is 3. The summed E-state index contributed by atoms with van der Waals surface area (Å²) in [5.74, 6) is 0.0730. The molecule has 0 unspecified atom stereocenters. The summed E-state index contributed by atoms with van der Waals surface area (Å²) in [5.41, 5.74) is 6.17. The molecule has 1 heterocycles. The van der Waals surface area contributed by atoms with Crippen LogP contribution in [-0.4, -0.2) is 42.1 Å². The lowest BCUT2D eigenvalue weighted by molar-refractivity contribution is -0.684. The number of carbonyl (C=O) groups excluding carboxylic acids is 2. The molecule has 35 heavy (non-hydrogen) atoms. The van der Waals surface area contributed by atoms with Crippen LogP contribution in [0.15, 0.2) is 53.9 Å². The molecular formula is C28H42N5O2+. The molecule has 0 aliphatic carbocycles. The molecule has 0 aliphatic heterocycles. The van der Waals surface area contributed by atoms with Crippen molar-refractivity contribution in [3.63, 3.8) is 0 Å². The third-order valence-electron chi connectivity index (χ3n) is 5.61. The van der Waals surface area contributed by atoms with E-state index in [0.717, 1.165) is 29.9 Å². The molecular weight excluding hydrogens is 438 g/mol. The predicted molar refractivity (Wildman–Crippen MR) is 142 cm³/mol. The maximum atomic E-state index is 13.5. The minimum atomic E-state index is -0.502. The van der Waals surface area contributed by atoms with Gasteiger partial charge in [0.15, 0.2) is 12.4 Å². The van der Waals surface area contributed by atoms with Gasteiger partial charge in [0.05, 0.1) is 5.92 Å². The van der Waals surface area contributed by atoms with Crippen LogP contribution in [0.25, 0.3) is 0 Å². The number of benzene rings is 1. The molecule has 2 amide bonds. The molecule has 0 fully saturated rings. The number of hydrogen-bond donors (Lipinski definition) is 2. The number of carbonyl (C=O) groups is 2. The molecule has 0 saturated carbocycles. The Labute approximate surface area is 210 Å². The smallest absolute Gasteiger partial charge is 0.305 e. The number of pyridine rings is 1. The normalized spacial score (nSPS) is 12.8. The standard InChI is InChI=1S/C28H41N5O2/c1-20(2)16-33(17-21(3)4)18-25(28(35)29-26-12-11-22(5)15-23(26)6)24(7)30-31-27(34)19-32-13-9-8-10-14-32/h8-15,20-21,25H,16-19H2,1-7H3,(H-,29,31,34,35)/p+1/b30-24+/t25-/m0/s1. The van der Waals surface area contributed by atoms with Crippen molar-refractivity contribution in [2.75, 3.05) is 25.0 Å². The van der Waals surface area contributed by atoms with Gasteiger partial charge < -0.3 is 10.2 Å². The zero-order chi connectivity index (χ0) is 26.0. The first-order valence-electron chi connectivity index (χ1n) is 12.4. The zero-order valence-electron chi connectivity index (χ0n) is 22.3. The van der Waals surface area contributed by atoms with Crippen molar-refractivity contribution in [2.45, 2.75) is 55.0 Å². The molecule has 0 aliphatic rings. The Morgan fingerprint density at radius 1 is 0.971 bits per heavy atom. The molecule has 0 radical (unpaired) electrons. The van der Waals surface area contributed by atoms with E-state index in [1.165, 1.54) is 0 Å². The van der Waals surface area contributed by atoms with Gasteiger partial charge in [0, 0.05) is 43.2 Å². The summed E-state index contributed by atoms with van der Waals surface area (Å²) in [6.45, 7) is 17.0. The van der Waals surface area contributed by atoms with E-state index in [4.69, 9.17) is 0 Å². The second kappa shape index (κ2) is 13.7. The van der Waals surface area contributed by atoms with Crippen LogP contribution in [0.2, 0.25) is 0 Å². The van der Waals surface area contributed by atoms with E-state index in [0.29, 0.717) is 24.1 Å². The van der Waals surface area contributed by atoms with Crippen LogP contribution in [0, 0.1) is 31.6 Å². The Balaban J connectivity index is 2.23. The Morgan fingerprint density at radius 3 is 2.17 bits per heavy atom. The van der Waals surface area contributed by atoms with Gasteiger partial charge in [0.25, 0.3) is 0 Å². The van der Waals surface area contributed by atoms with Crippen molar-refractivity contribution in [1.29, 1.82) is 0 Å². The molecule has 1 aromatic heterocycles. The van der Waals surface area contributed by atoms with E-state index in [1.54, 1.807) is 4.57 Å². The second-order valence-corrected chi connectivity index (χ2v) is 10.2. The topological polar surface area (TPSA) is 77.7 Å². The average Bonchev–Trinajstić information content (AvgIpc) is 2.77. The van der Waals surface area contributed by atoms with Gasteiger partial charge in [-0.1, -0.05) is 51.5 Å². The Bertz CT molecular complexity index is 992. The maximum absolute atomic E-state index is 13.5. The number of nitrogens with one attached hydrogen (secondary N) is 2. The summed E-state index contributed by atoms with van der Waals surface area (Å²) in [6.07, 6.45) is 3.65. The highest BCUT2D eigenvalue weighted by molar-refractivity contribution is 6.09. The van der Waals surface area contributed by atoms with E-state index in [1.807, 2.05) is 63.5 Å². The van der Waals surface area contributed by atoms with Crippen LogP contribution in [0.1, 0.15) is 45.7 Å². The fraction of sp³-hybridized carbons (Fsp3) is 0.500. The summed E-state index contributed by atoms with van der Waals surface area (Å²) in [4.78, 5) is 28.3. The van der Waals surface area contributed by atoms with E-state index < -0.39 is 5.92 Å². The van der Waals surface area contributed by atoms with Gasteiger partial charge in [-0.3, -0.25) is 9.59 Å². The first-order valence-corrected chi connectivity index (χ1v) is 12.4. The predicted octanol–water partition coefficient (Wildman–Crippen LogP) is 3.95. The van der Waals surface area contributed by atoms with Crippen molar-refractivity contribution in [3.05, 3.63) is 59.9 Å². The third-order valence-corrected chi connectivity index (χ3v) is 5.61. The molecule has 0 saturated heterocycles. The fourth-order valence-corrected chi connectivity index (χ4v) is 4.06. The number of hydrazone groups is 1. The minimum absolute atomic E-state index is 0.123. The minimum Gasteiger partial charge on any atom is -0.325 e. The largest absolute Gasteiger partial charge is 0.325 e. The monoisotopic (exact) mass is 480 g/mol. The fourth-order valence-electron chi connectivity index (χ4n) is 4.06. The maximum Gasteiger partial charge on any atom is 0.305 e. The molecule has 7 nitrogen and oxygen atoms in total. The van der Waals surface area contributed by atoms with E-state index in [9.17, 15) is 9.59 Å². The molecule has 1 aromatic carbocycles. The Kier molecular flexibility index (Phi) is 11.1. The summed E-state index contributed by atoms with van der Waals surface area (Å²) in [5, 5.41) is 7.44. The number of aryl methyl sites for hydroxylation is 2. The quantitative estimate of drug-likeness (QED) is 0.274. The number of aromatic nitrogens is 1. The van der Waals surface area contributed by atoms with Gasteiger partial charge in [0.1, 0.15) is 0 Å². The van der Waals surface area contributed by atoms with Crippen LogP contribution in [-0.2, 0) is 16.1 Å². The lowest BCUT2D eigenvalue weighted by Crippen LogP contribution is -2.44. The molecule has 7 heteroatoms. The highest BCUT2D eigenvalue weighted by Crippen LogP contribution is 2.18. The SMILES string of the molecule is C/C(=N\NC(=O)C[n+]1ccccc1)[C@H](CN(CC(C)C)CC(C)C)C(=O)Nc1ccc(C)cc1C. The van der Waals surface area contributed by atoms with Crippen molar-refractivity contribution >= 4 is 23.2 Å². The molecule has 2 N–H and O–H groups in total. The van der Waals surface area contributed by atoms with Crippen LogP contribution in [0.3, 0.4) is 0 Å². The second-order valence-electron chi connectivity index (χ2n) is 10.2. The third kappa shape index (κ3) is 9.99. The van der Waals surface area contributed by atoms with Crippen LogP contribution < -0.4 is 15.3 Å². The van der Waals surface area contributed by atoms with Crippen LogP contribution in [0.5, 0.6) is 0 Å². The lowest BCUT2D eigenvalue weighted by Gasteiger charge is -2.30. The van der Waals surface area contributed by atoms with Crippen LogP contribution >= 0.6 is 0 Å². The molecule has 190 valence electrons. The summed E-state index contributed by atoms with van der Waals surface area (Å²) >= 11 is 0. The molecule has 0 bridgehead atoms. The first-order chi connectivity index (χ1) is 16.5. The zero-order valence-corrected chi connectivity index (χ0v) is 22.3. The van der Waals surface area contributed by atoms with Gasteiger partial charge in [-0.2, -0.15) is 9.67 Å². The number of amides is 2. The number of rotatable bonds is 12. The summed E-state index contributed by atoms with van der Waals surface area (Å²) < 4.78 is 1.78. The van der Waals surface area contributed by atoms with Crippen molar-refractivity contribution in [2.24, 2.45) is 22.9 Å². The van der Waals surface area contributed by atoms with Crippen molar-refractivity contribution < 1.29 is 14.2 Å². The van der Waals surface area contributed by atoms with E-state index in [-0.39, 0.29) is 18.4 Å². The van der Waals surface area contributed by atoms with E-state index >= 15 is 0 Å². The Morgan fingerprint density at radius 2 is 1.60 bits per heavy atom. The molecule has 0 spiro atoms. The lowest BCUT2D eigenvalue weighted by atomic mass is 10.00. The van der Waals surface area contributed by atoms with Gasteiger partial charge >= 0.3 is 5.91 Å². The first kappa shape index (κ1) is 28.2. The Hall–Kier alpha value is -3.06. The van der Waals surface area contributed by atoms with Gasteiger partial charge in [-0.05, 0) is 44.2 Å². The molecule has 2 rings (SSSR count). The highest BCUT2D eigenvalue weighted by atomic mass is 16.2. The number of anilines is 1. The van der Waals surface area contributed by atoms with Crippen molar-refractivity contribution in [1.82, 2.24) is 10.3 Å². The van der Waals surface area contributed by atoms with E-state index in [2.05, 4.69) is 54.5 Å². The summed E-state index contributed by atoms with van der Waals surface area (Å²) in [6, 6.07) is 11.6. The molecule has 1 atom stereocenters. The van der Waals surface area contributed by atoms with Gasteiger partial charge in [0.2, 0.25) is 12.5 Å². The van der Waals surface area contributed by atoms with Gasteiger partial charge in [-0.15, -0.1) is 0 Å². The average molecular weight is 481 g/mol. The highest BCUT2D eigenvalue weighted by Gasteiger charge is 2.26. The summed E-state index contributed by atoms with van der Waals surface area (Å²) in [7, 11) is 0.